The van der Waals surface area contributed by atoms with E-state index in [0.29, 0.717) is 0 Å². The molecule has 0 aliphatic rings. The topological polar surface area (TPSA) is 100 Å². The third kappa shape index (κ3) is 9.05. The molecule has 0 spiro atoms. The Labute approximate surface area is 274 Å². The van der Waals surface area contributed by atoms with Gasteiger partial charge in [0.05, 0.1) is 16.4 Å². The normalized spacial score (nSPS) is 9.72. The smallest absolute Gasteiger partial charge is 0.187 e. The molecule has 0 saturated heterocycles. The van der Waals surface area contributed by atoms with Crippen LogP contribution in [-0.2, 0) is 0 Å². The van der Waals surface area contributed by atoms with Crippen molar-refractivity contribution in [3.05, 3.63) is 137 Å². The van der Waals surface area contributed by atoms with Crippen LogP contribution in [0.1, 0.15) is 10.7 Å². The molecule has 218 valence electrons. The summed E-state index contributed by atoms with van der Waals surface area (Å²) in [6.45, 7) is 4.02. The van der Waals surface area contributed by atoms with Gasteiger partial charge in [-0.2, -0.15) is 9.36 Å². The molecule has 0 unspecified atom stereocenters. The van der Waals surface area contributed by atoms with E-state index in [0.717, 1.165) is 44.9 Å². The first-order valence-corrected chi connectivity index (χ1v) is 13.7. The van der Waals surface area contributed by atoms with Gasteiger partial charge in [0.1, 0.15) is 0 Å². The van der Waals surface area contributed by atoms with Crippen LogP contribution in [0.5, 0.6) is 0 Å². The van der Waals surface area contributed by atoms with E-state index in [1.807, 2.05) is 135 Å². The summed E-state index contributed by atoms with van der Waals surface area (Å²) in [7, 11) is 0. The van der Waals surface area contributed by atoms with E-state index in [4.69, 9.17) is 0 Å². The Hall–Kier alpha value is -4.39. The molecule has 0 radical (unpaired) electrons. The predicted molar refractivity (Wildman–Crippen MR) is 181 cm³/mol. The Morgan fingerprint density at radius 2 is 0.884 bits per heavy atom. The van der Waals surface area contributed by atoms with Crippen LogP contribution in [0.3, 0.4) is 0 Å². The highest BCUT2D eigenvalue weighted by molar-refractivity contribution is 8.93. The first-order chi connectivity index (χ1) is 20.2. The van der Waals surface area contributed by atoms with Crippen molar-refractivity contribution in [1.29, 1.82) is 0 Å². The van der Waals surface area contributed by atoms with Gasteiger partial charge in [-0.05, 0) is 59.0 Å². The lowest BCUT2D eigenvalue weighted by molar-refractivity contribution is 0.791. The third-order valence-corrected chi connectivity index (χ3v) is 6.63. The predicted octanol–water partition coefficient (Wildman–Crippen LogP) is 7.57. The van der Waals surface area contributed by atoms with Crippen molar-refractivity contribution in [3.63, 3.8) is 0 Å². The summed E-state index contributed by atoms with van der Waals surface area (Å²) in [6.07, 6.45) is 0. The van der Waals surface area contributed by atoms with Crippen molar-refractivity contribution in [3.8, 4) is 34.2 Å². The van der Waals surface area contributed by atoms with Crippen molar-refractivity contribution in [2.75, 3.05) is 0 Å². The van der Waals surface area contributed by atoms with Gasteiger partial charge in [0.2, 0.25) is 0 Å². The van der Waals surface area contributed by atoms with E-state index in [1.165, 1.54) is 0 Å². The van der Waals surface area contributed by atoms with Crippen molar-refractivity contribution >= 4 is 45.3 Å². The molecule has 43 heavy (non-hydrogen) atoms. The Morgan fingerprint density at radius 1 is 0.512 bits per heavy atom. The summed E-state index contributed by atoms with van der Waals surface area (Å²) < 4.78 is 3.46. The maximum absolute atomic E-state index is 4.13. The van der Waals surface area contributed by atoms with E-state index in [2.05, 4.69) is 41.4 Å². The molecule has 0 N–H and O–H groups in total. The first-order valence-electron chi connectivity index (χ1n) is 12.9. The average Bonchev–Trinajstić information content (AvgIpc) is 3.81. The van der Waals surface area contributed by atoms with E-state index < -0.39 is 0 Å². The van der Waals surface area contributed by atoms with E-state index in [1.54, 1.807) is 20.7 Å². The van der Waals surface area contributed by atoms with Crippen LogP contribution in [0.15, 0.2) is 127 Å². The van der Waals surface area contributed by atoms with Crippen LogP contribution in [0.2, 0.25) is 0 Å². The minimum atomic E-state index is 0. The summed E-state index contributed by atoms with van der Waals surface area (Å²) in [4.78, 5) is 4.13. The number of thiazole rings is 1. The quantitative estimate of drug-likeness (QED) is 0.185. The fourth-order valence-corrected chi connectivity index (χ4v) is 4.46. The number of halogens is 2. The Bertz CT molecular complexity index is 1520. The Morgan fingerprint density at radius 3 is 1.19 bits per heavy atom. The molecule has 3 aromatic heterocycles. The SMILES string of the molecule is Br.Br.Cc1csc(C)n1.c1ccc(-c2nnnn2-c2ccccc2)cc1.c1ccc(-c2nnnn2-c2ccccc2)cc1. The molecule has 0 atom stereocenters. The van der Waals surface area contributed by atoms with Crippen LogP contribution in [0, 0.1) is 13.8 Å². The molecule has 0 aliphatic heterocycles. The summed E-state index contributed by atoms with van der Waals surface area (Å²) >= 11 is 1.69. The fraction of sp³-hybridized carbons (Fsp3) is 0.0645. The lowest BCUT2D eigenvalue weighted by atomic mass is 10.2. The number of nitrogens with zero attached hydrogens (tertiary/aromatic N) is 9. The van der Waals surface area contributed by atoms with Gasteiger partial charge in [0.15, 0.2) is 11.6 Å². The Kier molecular flexibility index (Phi) is 13.0. The molecule has 7 rings (SSSR count). The monoisotopic (exact) mass is 717 g/mol. The van der Waals surface area contributed by atoms with Crippen LogP contribution in [-0.4, -0.2) is 45.4 Å². The second-order valence-electron chi connectivity index (χ2n) is 8.74. The molecular formula is C31H29Br2N9S. The molecule has 0 saturated carbocycles. The standard InChI is InChI=1S/2C13H10N4.C5H7NS.2BrH/c2*1-3-7-11(8-4-1)13-14-15-16-17(13)12-9-5-2-6-10-12;1-4-3-7-5(2)6-4;;/h2*1-10H;3H,1-2H3;2*1H. The third-order valence-electron chi connectivity index (χ3n) is 5.74. The number of para-hydroxylation sites is 2. The minimum absolute atomic E-state index is 0. The number of aromatic nitrogens is 9. The van der Waals surface area contributed by atoms with E-state index in [9.17, 15) is 0 Å². The zero-order valence-corrected chi connectivity index (χ0v) is 27.6. The molecule has 0 aliphatic carbocycles. The number of aryl methyl sites for hydroxylation is 2. The number of rotatable bonds is 4. The molecule has 0 fully saturated rings. The van der Waals surface area contributed by atoms with Crippen molar-refractivity contribution in [2.45, 2.75) is 13.8 Å². The number of tetrazole rings is 2. The van der Waals surface area contributed by atoms with Gasteiger partial charge < -0.3 is 0 Å². The van der Waals surface area contributed by atoms with Gasteiger partial charge in [0.25, 0.3) is 0 Å². The lowest BCUT2D eigenvalue weighted by Crippen LogP contribution is -1.99. The van der Waals surface area contributed by atoms with Gasteiger partial charge >= 0.3 is 0 Å². The van der Waals surface area contributed by atoms with Crippen molar-refractivity contribution in [1.82, 2.24) is 45.4 Å². The molecular weight excluding hydrogens is 690 g/mol. The van der Waals surface area contributed by atoms with Gasteiger partial charge in [-0.25, -0.2) is 4.98 Å². The van der Waals surface area contributed by atoms with Crippen molar-refractivity contribution in [2.24, 2.45) is 0 Å². The molecule has 9 nitrogen and oxygen atoms in total. The molecule has 7 aromatic rings. The van der Waals surface area contributed by atoms with Gasteiger partial charge in [0, 0.05) is 22.2 Å². The van der Waals surface area contributed by atoms with Gasteiger partial charge in [-0.3, -0.25) is 0 Å². The summed E-state index contributed by atoms with van der Waals surface area (Å²) in [5.74, 6) is 1.49. The molecule has 4 aromatic carbocycles. The maximum atomic E-state index is 4.13. The van der Waals surface area contributed by atoms with Gasteiger partial charge in [-0.15, -0.1) is 55.5 Å². The zero-order valence-electron chi connectivity index (χ0n) is 23.4. The number of benzene rings is 4. The average molecular weight is 720 g/mol. The number of hydrogen-bond acceptors (Lipinski definition) is 8. The first kappa shape index (κ1) is 33.1. The fourth-order valence-electron chi connectivity index (χ4n) is 3.87. The molecule has 3 heterocycles. The minimum Gasteiger partial charge on any atom is -0.247 e. The second kappa shape index (κ2) is 16.9. The largest absolute Gasteiger partial charge is 0.247 e. The highest BCUT2D eigenvalue weighted by Gasteiger charge is 2.10. The van der Waals surface area contributed by atoms with Crippen molar-refractivity contribution < 1.29 is 0 Å². The van der Waals surface area contributed by atoms with Crippen LogP contribution >= 0.6 is 45.3 Å². The number of hydrogen-bond donors (Lipinski definition) is 0. The van der Waals surface area contributed by atoms with Gasteiger partial charge in [-0.1, -0.05) is 97.1 Å². The summed E-state index contributed by atoms with van der Waals surface area (Å²) in [5, 5.41) is 26.8. The molecule has 0 bridgehead atoms. The van der Waals surface area contributed by atoms with Crippen LogP contribution in [0.4, 0.5) is 0 Å². The van der Waals surface area contributed by atoms with E-state index in [-0.39, 0.29) is 34.0 Å². The highest BCUT2D eigenvalue weighted by atomic mass is 79.9. The molecule has 12 heteroatoms. The molecule has 0 amide bonds. The zero-order chi connectivity index (χ0) is 28.3. The second-order valence-corrected chi connectivity index (χ2v) is 9.80. The highest BCUT2D eigenvalue weighted by Crippen LogP contribution is 2.19. The summed E-state index contributed by atoms with van der Waals surface area (Å²) in [6, 6.07) is 39.5. The summed E-state index contributed by atoms with van der Waals surface area (Å²) in [5.41, 5.74) is 5.04. The van der Waals surface area contributed by atoms with Crippen LogP contribution < -0.4 is 0 Å². The maximum Gasteiger partial charge on any atom is 0.187 e. The lowest BCUT2D eigenvalue weighted by Gasteiger charge is -2.03. The van der Waals surface area contributed by atoms with E-state index >= 15 is 0 Å². The Balaban J connectivity index is 0.000000186. The van der Waals surface area contributed by atoms with Crippen LogP contribution in [0.25, 0.3) is 34.2 Å².